The smallest absolute Gasteiger partial charge is 0.264 e. The molecular weight excluding hydrogens is 631 g/mol. The summed E-state index contributed by atoms with van der Waals surface area (Å²) in [5.41, 5.74) is 3.81. The van der Waals surface area contributed by atoms with Gasteiger partial charge in [0.05, 0.1) is 39.9 Å². The Hall–Kier alpha value is -4.70. The number of aliphatic hydroxyl groups is 1. The Balaban J connectivity index is 1.27. The van der Waals surface area contributed by atoms with Crippen molar-refractivity contribution in [3.8, 4) is 5.75 Å². The molecule has 4 atom stereocenters. The number of H-pyrrole nitrogens is 1. The second-order valence-electron chi connectivity index (χ2n) is 13.9. The molecule has 252 valence electrons. The average molecular weight is 674 g/mol. The standard InChI is InChI=1S/C40H43N3O5Si/c1-26-38(49(3,4)31-17-15-30(47-2)16-18-31)36(20-21-44)48-40(26)33-23-29(42-37(45)22-28-24-41-34-13-9-8-12-32(28)34)14-19-35(33)43(39(40)46)25-27-10-6-5-7-11-27/h5-19,23-24,26,36,38,41,44H,20-22,25H2,1-4H3,(H,42,45)/t26-,36+,38-,40+/m1/s1. The van der Waals surface area contributed by atoms with Gasteiger partial charge in [-0.1, -0.05) is 85.9 Å². The predicted octanol–water partition coefficient (Wildman–Crippen LogP) is 6.50. The average Bonchev–Trinajstić information content (AvgIpc) is 3.72. The van der Waals surface area contributed by atoms with E-state index in [-0.39, 0.29) is 42.4 Å². The van der Waals surface area contributed by atoms with Crippen molar-refractivity contribution in [2.45, 2.75) is 56.7 Å². The maximum Gasteiger partial charge on any atom is 0.264 e. The zero-order chi connectivity index (χ0) is 34.3. The second kappa shape index (κ2) is 13.0. The molecule has 0 radical (unpaired) electrons. The molecule has 1 saturated heterocycles. The first-order valence-corrected chi connectivity index (χ1v) is 20.0. The highest BCUT2D eigenvalue weighted by molar-refractivity contribution is 6.91. The molecule has 0 saturated carbocycles. The Bertz CT molecular complexity index is 1990. The number of carbonyl (C=O) groups excluding carboxylic acids is 2. The van der Waals surface area contributed by atoms with Crippen molar-refractivity contribution >= 4 is 47.4 Å². The van der Waals surface area contributed by atoms with Crippen LogP contribution in [0.1, 0.15) is 30.0 Å². The highest BCUT2D eigenvalue weighted by Crippen LogP contribution is 2.60. The van der Waals surface area contributed by atoms with Gasteiger partial charge in [-0.3, -0.25) is 9.59 Å². The Morgan fingerprint density at radius 2 is 1.76 bits per heavy atom. The van der Waals surface area contributed by atoms with E-state index in [0.717, 1.165) is 39.0 Å². The van der Waals surface area contributed by atoms with Crippen LogP contribution in [0.15, 0.2) is 103 Å². The number of hydrogen-bond acceptors (Lipinski definition) is 5. The molecule has 5 aromatic rings. The van der Waals surface area contributed by atoms with Gasteiger partial charge in [0.15, 0.2) is 5.60 Å². The molecule has 3 N–H and O–H groups in total. The van der Waals surface area contributed by atoms with Gasteiger partial charge in [-0.05, 0) is 59.5 Å². The van der Waals surface area contributed by atoms with E-state index < -0.39 is 13.7 Å². The summed E-state index contributed by atoms with van der Waals surface area (Å²) < 4.78 is 12.5. The number of benzene rings is 4. The number of hydrogen-bond donors (Lipinski definition) is 3. The second-order valence-corrected chi connectivity index (χ2v) is 18.5. The minimum atomic E-state index is -2.32. The van der Waals surface area contributed by atoms with E-state index in [1.807, 2.05) is 96.0 Å². The van der Waals surface area contributed by atoms with Gasteiger partial charge in [0.25, 0.3) is 5.91 Å². The molecule has 0 aliphatic carbocycles. The van der Waals surface area contributed by atoms with Crippen LogP contribution in [-0.2, 0) is 32.9 Å². The van der Waals surface area contributed by atoms with Crippen LogP contribution in [0.25, 0.3) is 10.9 Å². The molecule has 1 fully saturated rings. The van der Waals surface area contributed by atoms with E-state index in [1.165, 1.54) is 5.19 Å². The third-order valence-electron chi connectivity index (χ3n) is 10.7. The summed E-state index contributed by atoms with van der Waals surface area (Å²) in [6.45, 7) is 7.13. The van der Waals surface area contributed by atoms with Gasteiger partial charge in [0.1, 0.15) is 5.75 Å². The number of aromatic amines is 1. The number of rotatable bonds is 10. The Morgan fingerprint density at radius 1 is 1.02 bits per heavy atom. The molecule has 8 nitrogen and oxygen atoms in total. The first-order chi connectivity index (χ1) is 23.7. The Morgan fingerprint density at radius 3 is 2.49 bits per heavy atom. The number of anilines is 2. The summed E-state index contributed by atoms with van der Waals surface area (Å²) in [4.78, 5) is 33.5. The van der Waals surface area contributed by atoms with Crippen molar-refractivity contribution in [3.05, 3.63) is 120 Å². The van der Waals surface area contributed by atoms with E-state index in [1.54, 1.807) is 7.11 Å². The maximum absolute atomic E-state index is 15.0. The lowest BCUT2D eigenvalue weighted by Gasteiger charge is -2.37. The molecule has 2 aliphatic rings. The van der Waals surface area contributed by atoms with Gasteiger partial charge < -0.3 is 29.8 Å². The van der Waals surface area contributed by atoms with Gasteiger partial charge in [-0.25, -0.2) is 0 Å². The third kappa shape index (κ3) is 5.65. The predicted molar refractivity (Wildman–Crippen MR) is 196 cm³/mol. The number of methoxy groups -OCH3 is 1. The van der Waals surface area contributed by atoms with Crippen LogP contribution in [-0.4, -0.2) is 49.8 Å². The van der Waals surface area contributed by atoms with Gasteiger partial charge in [-0.15, -0.1) is 0 Å². The summed E-state index contributed by atoms with van der Waals surface area (Å²) in [5.74, 6) is 0.333. The topological polar surface area (TPSA) is 104 Å². The number of fused-ring (bicyclic) bond motifs is 3. The van der Waals surface area contributed by atoms with E-state index in [4.69, 9.17) is 9.47 Å². The highest BCUT2D eigenvalue weighted by Gasteiger charge is 2.66. The summed E-state index contributed by atoms with van der Waals surface area (Å²) >= 11 is 0. The lowest BCUT2D eigenvalue weighted by molar-refractivity contribution is -0.146. The molecule has 3 heterocycles. The molecule has 0 bridgehead atoms. The van der Waals surface area contributed by atoms with Gasteiger partial charge >= 0.3 is 0 Å². The number of aromatic nitrogens is 1. The molecule has 1 spiro atoms. The number of nitrogens with zero attached hydrogens (tertiary/aromatic N) is 1. The lowest BCUT2D eigenvalue weighted by atomic mass is 9.82. The van der Waals surface area contributed by atoms with Crippen molar-refractivity contribution < 1.29 is 24.2 Å². The van der Waals surface area contributed by atoms with Crippen LogP contribution in [0.3, 0.4) is 0 Å². The van der Waals surface area contributed by atoms with Crippen molar-refractivity contribution in [1.29, 1.82) is 0 Å². The fourth-order valence-electron chi connectivity index (χ4n) is 8.37. The number of amides is 2. The maximum atomic E-state index is 15.0. The number of aliphatic hydroxyl groups excluding tert-OH is 1. The molecule has 0 unspecified atom stereocenters. The summed E-state index contributed by atoms with van der Waals surface area (Å²) in [6.07, 6.45) is 2.18. The zero-order valence-electron chi connectivity index (χ0n) is 28.4. The molecule has 4 aromatic carbocycles. The first kappa shape index (κ1) is 32.8. The largest absolute Gasteiger partial charge is 0.497 e. The van der Waals surface area contributed by atoms with Gasteiger partial charge in [-0.2, -0.15) is 0 Å². The quantitative estimate of drug-likeness (QED) is 0.147. The van der Waals surface area contributed by atoms with Gasteiger partial charge in [0.2, 0.25) is 5.91 Å². The van der Waals surface area contributed by atoms with Crippen LogP contribution >= 0.6 is 0 Å². The zero-order valence-corrected chi connectivity index (χ0v) is 29.4. The number of carbonyl (C=O) groups is 2. The van der Waals surface area contributed by atoms with Crippen molar-refractivity contribution in [3.63, 3.8) is 0 Å². The number of nitrogens with one attached hydrogen (secondary N) is 2. The monoisotopic (exact) mass is 673 g/mol. The Labute approximate surface area is 288 Å². The van der Waals surface area contributed by atoms with Crippen LogP contribution < -0.4 is 20.1 Å². The molecule has 7 rings (SSSR count). The molecule has 1 aromatic heterocycles. The van der Waals surface area contributed by atoms with Crippen molar-refractivity contribution in [2.75, 3.05) is 23.9 Å². The molecule has 2 amide bonds. The fourth-order valence-corrected chi connectivity index (χ4v) is 12.4. The van der Waals surface area contributed by atoms with Crippen LogP contribution in [0, 0.1) is 5.92 Å². The lowest BCUT2D eigenvalue weighted by Crippen LogP contribution is -2.51. The summed E-state index contributed by atoms with van der Waals surface area (Å²) in [7, 11) is -0.659. The van der Waals surface area contributed by atoms with E-state index in [2.05, 4.69) is 42.5 Å². The number of ether oxygens (including phenoxy) is 2. The third-order valence-corrected chi connectivity index (χ3v) is 15.1. The normalized spacial score (nSPS) is 21.8. The summed E-state index contributed by atoms with van der Waals surface area (Å²) in [5, 5.41) is 15.6. The van der Waals surface area contributed by atoms with Crippen LogP contribution in [0.5, 0.6) is 5.75 Å². The minimum absolute atomic E-state index is 0.0154. The van der Waals surface area contributed by atoms with E-state index >= 15 is 0 Å². The van der Waals surface area contributed by atoms with Crippen molar-refractivity contribution in [1.82, 2.24) is 4.98 Å². The Kier molecular flexibility index (Phi) is 8.68. The molecular formula is C40H43N3O5Si. The van der Waals surface area contributed by atoms with Crippen LogP contribution in [0.4, 0.5) is 11.4 Å². The SMILES string of the molecule is COc1ccc([Si](C)(C)[C@H]2[C@H](CCO)O[C@@]3(C(=O)N(Cc4ccccc4)c4ccc(NC(=O)Cc5c[nH]c6ccccc56)cc43)[C@@H]2C)cc1. The number of para-hydroxylation sites is 1. The molecule has 9 heteroatoms. The minimum Gasteiger partial charge on any atom is -0.497 e. The van der Waals surface area contributed by atoms with Gasteiger partial charge in [0, 0.05) is 40.9 Å². The van der Waals surface area contributed by atoms with Crippen molar-refractivity contribution in [2.24, 2.45) is 5.92 Å². The van der Waals surface area contributed by atoms with Crippen LogP contribution in [0.2, 0.25) is 18.6 Å². The molecule has 49 heavy (non-hydrogen) atoms. The van der Waals surface area contributed by atoms with E-state index in [9.17, 15) is 14.7 Å². The van der Waals surface area contributed by atoms with E-state index in [0.29, 0.717) is 18.7 Å². The highest BCUT2D eigenvalue weighted by atomic mass is 28.3. The first-order valence-electron chi connectivity index (χ1n) is 17.0. The summed E-state index contributed by atoms with van der Waals surface area (Å²) in [6, 6.07) is 31.9. The fraction of sp³-hybridized carbons (Fsp3) is 0.300. The molecule has 2 aliphatic heterocycles.